The quantitative estimate of drug-likeness (QED) is 0.559. The molecule has 0 aliphatic rings. The molecule has 1 aromatic carbocycles. The fourth-order valence-electron chi connectivity index (χ4n) is 2.22. The van der Waals surface area contributed by atoms with E-state index in [0.717, 1.165) is 12.8 Å². The van der Waals surface area contributed by atoms with Crippen molar-refractivity contribution in [2.24, 2.45) is 0 Å². The predicted molar refractivity (Wildman–Crippen MR) is 90.4 cm³/mol. The average Bonchev–Trinajstić information content (AvgIpc) is 2.53. The van der Waals surface area contributed by atoms with Gasteiger partial charge in [0.05, 0.1) is 31.6 Å². The number of carboxylic acid groups (broad SMARTS) is 1. The molecular weight excluding hydrogens is 308 g/mol. The molecule has 0 bridgehead atoms. The Balaban J connectivity index is 2.40. The van der Waals surface area contributed by atoms with Crippen molar-refractivity contribution in [1.82, 2.24) is 0 Å². The number of carbonyl (C=O) groups excluding carboxylic acids is 2. The Kier molecular flexibility index (Phi) is 9.04. The minimum absolute atomic E-state index is 0.122. The highest BCUT2D eigenvalue weighted by molar-refractivity contribution is 5.93. The summed E-state index contributed by atoms with van der Waals surface area (Å²) >= 11 is 0. The summed E-state index contributed by atoms with van der Waals surface area (Å²) in [5, 5.41) is 15.5. The second-order valence-electron chi connectivity index (χ2n) is 6.03. The van der Waals surface area contributed by atoms with E-state index in [-0.39, 0.29) is 18.4 Å². The number of amides is 1. The molecule has 24 heavy (non-hydrogen) atoms. The molecule has 0 aliphatic heterocycles. The summed E-state index contributed by atoms with van der Waals surface area (Å²) < 4.78 is 5.40. The molecule has 0 aromatic heterocycles. The number of aliphatic carboxylic acids is 1. The molecule has 1 aromatic rings. The van der Waals surface area contributed by atoms with Crippen LogP contribution in [-0.2, 0) is 20.7 Å². The zero-order valence-corrected chi connectivity index (χ0v) is 14.7. The number of carbonyl (C=O) groups is 2. The summed E-state index contributed by atoms with van der Waals surface area (Å²) in [6.07, 6.45) is 1.69. The maximum Gasteiger partial charge on any atom is 0.230 e. The number of carboxylic acids is 1. The first-order valence-electron chi connectivity index (χ1n) is 8.47. The maximum atomic E-state index is 12.0. The van der Waals surface area contributed by atoms with Gasteiger partial charge >= 0.3 is 0 Å². The summed E-state index contributed by atoms with van der Waals surface area (Å²) in [6, 6.07) is 6.62. The largest absolute Gasteiger partial charge is 0.544 e. The molecule has 0 radical (unpaired) electrons. The van der Waals surface area contributed by atoms with E-state index < -0.39 is 12.0 Å². The highest BCUT2D eigenvalue weighted by Crippen LogP contribution is 2.10. The van der Waals surface area contributed by atoms with Crippen LogP contribution >= 0.6 is 0 Å². The van der Waals surface area contributed by atoms with Gasteiger partial charge in [-0.3, -0.25) is 4.79 Å². The van der Waals surface area contributed by atoms with Crippen molar-refractivity contribution >= 4 is 17.6 Å². The SMILES string of the molecule is CCc1ccc(NC(=O)C[C@@H]([NH2+]CCCOC(C)C)C(=O)[O-])cc1. The Morgan fingerprint density at radius 2 is 1.92 bits per heavy atom. The third-order valence-electron chi connectivity index (χ3n) is 3.60. The third kappa shape index (κ3) is 8.08. The molecule has 1 atom stereocenters. The zero-order valence-electron chi connectivity index (χ0n) is 14.7. The van der Waals surface area contributed by atoms with Gasteiger partial charge in [0, 0.05) is 12.1 Å². The van der Waals surface area contributed by atoms with Crippen LogP contribution in [0.2, 0.25) is 0 Å². The lowest BCUT2D eigenvalue weighted by atomic mass is 10.1. The summed E-state index contributed by atoms with van der Waals surface area (Å²) in [5.74, 6) is -1.56. The van der Waals surface area contributed by atoms with Gasteiger partial charge in [-0.25, -0.2) is 0 Å². The summed E-state index contributed by atoms with van der Waals surface area (Å²) in [4.78, 5) is 23.2. The van der Waals surface area contributed by atoms with Crippen LogP contribution in [0.4, 0.5) is 5.69 Å². The van der Waals surface area contributed by atoms with Crippen LogP contribution in [0, 0.1) is 0 Å². The molecule has 0 unspecified atom stereocenters. The summed E-state index contributed by atoms with van der Waals surface area (Å²) in [5.41, 5.74) is 1.84. The van der Waals surface area contributed by atoms with Crippen molar-refractivity contribution in [3.8, 4) is 0 Å². The van der Waals surface area contributed by atoms with Gasteiger partial charge in [-0.05, 0) is 38.0 Å². The second-order valence-corrected chi connectivity index (χ2v) is 6.03. The normalized spacial score (nSPS) is 12.2. The lowest BCUT2D eigenvalue weighted by Gasteiger charge is -2.16. The number of hydrogen-bond donors (Lipinski definition) is 2. The molecule has 0 saturated carbocycles. The Morgan fingerprint density at radius 1 is 1.25 bits per heavy atom. The first-order valence-corrected chi connectivity index (χ1v) is 8.47. The minimum atomic E-state index is -1.23. The second kappa shape index (κ2) is 10.8. The number of rotatable bonds is 11. The van der Waals surface area contributed by atoms with Crippen molar-refractivity contribution in [2.45, 2.75) is 52.2 Å². The molecule has 1 rings (SSSR count). The van der Waals surface area contributed by atoms with Gasteiger partial charge < -0.3 is 25.3 Å². The number of nitrogens with one attached hydrogen (secondary N) is 1. The van der Waals surface area contributed by atoms with Crippen molar-refractivity contribution < 1.29 is 24.7 Å². The molecule has 6 heteroatoms. The minimum Gasteiger partial charge on any atom is -0.544 e. The van der Waals surface area contributed by atoms with Gasteiger partial charge in [0.25, 0.3) is 0 Å². The van der Waals surface area contributed by atoms with Gasteiger partial charge in [-0.1, -0.05) is 19.1 Å². The predicted octanol–water partition coefficient (Wildman–Crippen LogP) is 0.0746. The van der Waals surface area contributed by atoms with Crippen LogP contribution in [0.1, 0.15) is 39.2 Å². The highest BCUT2D eigenvalue weighted by Gasteiger charge is 2.18. The van der Waals surface area contributed by atoms with E-state index in [1.807, 2.05) is 38.1 Å². The standard InChI is InChI=1S/C18H28N2O4/c1-4-14-6-8-15(9-7-14)20-17(21)12-16(18(22)23)19-10-5-11-24-13(2)3/h6-9,13,16,19H,4-5,10-12H2,1-3H3,(H,20,21)(H,22,23)/t16-/m1/s1. The fourth-order valence-corrected chi connectivity index (χ4v) is 2.22. The van der Waals surface area contributed by atoms with E-state index in [4.69, 9.17) is 4.74 Å². The molecule has 0 aliphatic carbocycles. The number of hydrogen-bond acceptors (Lipinski definition) is 4. The van der Waals surface area contributed by atoms with E-state index in [2.05, 4.69) is 12.2 Å². The van der Waals surface area contributed by atoms with E-state index in [9.17, 15) is 14.7 Å². The molecule has 0 spiro atoms. The molecule has 3 N–H and O–H groups in total. The molecule has 6 nitrogen and oxygen atoms in total. The molecule has 0 saturated heterocycles. The fraction of sp³-hybridized carbons (Fsp3) is 0.556. The molecule has 0 fully saturated rings. The Hall–Kier alpha value is -1.92. The van der Waals surface area contributed by atoms with Crippen LogP contribution in [0.15, 0.2) is 24.3 Å². The first-order chi connectivity index (χ1) is 11.4. The van der Waals surface area contributed by atoms with Crippen LogP contribution in [0.3, 0.4) is 0 Å². The summed E-state index contributed by atoms with van der Waals surface area (Å²) in [6.45, 7) is 7.10. The van der Waals surface area contributed by atoms with Crippen LogP contribution in [-0.4, -0.2) is 37.2 Å². The first kappa shape index (κ1) is 20.1. The van der Waals surface area contributed by atoms with E-state index in [1.165, 1.54) is 5.56 Å². The van der Waals surface area contributed by atoms with Crippen molar-refractivity contribution in [3.05, 3.63) is 29.8 Å². The third-order valence-corrected chi connectivity index (χ3v) is 3.60. The Bertz CT molecular complexity index is 514. The van der Waals surface area contributed by atoms with Crippen LogP contribution in [0.25, 0.3) is 0 Å². The lowest BCUT2D eigenvalue weighted by Crippen LogP contribution is -2.93. The maximum absolute atomic E-state index is 12.0. The number of nitrogens with two attached hydrogens (primary N) is 1. The number of aryl methyl sites for hydroxylation is 1. The van der Waals surface area contributed by atoms with Crippen molar-refractivity contribution in [1.29, 1.82) is 0 Å². The van der Waals surface area contributed by atoms with E-state index in [1.54, 1.807) is 5.32 Å². The van der Waals surface area contributed by atoms with Gasteiger partial charge in [-0.15, -0.1) is 0 Å². The van der Waals surface area contributed by atoms with Gasteiger partial charge in [0.1, 0.15) is 6.04 Å². The van der Waals surface area contributed by atoms with Crippen LogP contribution in [0.5, 0.6) is 0 Å². The molecule has 1 amide bonds. The highest BCUT2D eigenvalue weighted by atomic mass is 16.5. The lowest BCUT2D eigenvalue weighted by molar-refractivity contribution is -0.682. The van der Waals surface area contributed by atoms with Crippen LogP contribution < -0.4 is 15.7 Å². The van der Waals surface area contributed by atoms with Gasteiger partial charge in [0.15, 0.2) is 0 Å². The van der Waals surface area contributed by atoms with Gasteiger partial charge in [-0.2, -0.15) is 0 Å². The topological polar surface area (TPSA) is 95.1 Å². The Morgan fingerprint density at radius 3 is 2.46 bits per heavy atom. The molecule has 0 heterocycles. The molecular formula is C18H28N2O4. The molecule has 134 valence electrons. The number of anilines is 1. The number of ether oxygens (including phenoxy) is 1. The monoisotopic (exact) mass is 336 g/mol. The average molecular weight is 336 g/mol. The zero-order chi connectivity index (χ0) is 17.9. The number of quaternary nitrogens is 1. The van der Waals surface area contributed by atoms with E-state index >= 15 is 0 Å². The van der Waals surface area contributed by atoms with Crippen molar-refractivity contribution in [2.75, 3.05) is 18.5 Å². The Labute approximate surface area is 143 Å². The summed E-state index contributed by atoms with van der Waals surface area (Å²) in [7, 11) is 0. The van der Waals surface area contributed by atoms with Crippen molar-refractivity contribution in [3.63, 3.8) is 0 Å². The van der Waals surface area contributed by atoms with Gasteiger partial charge in [0.2, 0.25) is 5.91 Å². The van der Waals surface area contributed by atoms with E-state index in [0.29, 0.717) is 18.8 Å². The number of benzene rings is 1. The smallest absolute Gasteiger partial charge is 0.230 e.